The Morgan fingerprint density at radius 3 is 1.12 bits per heavy atom. The summed E-state index contributed by atoms with van der Waals surface area (Å²) in [6.45, 7) is 20.4. The first-order valence-electron chi connectivity index (χ1n) is 14.1. The minimum atomic E-state index is 0.777. The van der Waals surface area contributed by atoms with E-state index in [1.165, 1.54) is 99.3 Å². The van der Waals surface area contributed by atoms with Gasteiger partial charge in [0, 0.05) is 0 Å². The van der Waals surface area contributed by atoms with Gasteiger partial charge < -0.3 is 0 Å². The van der Waals surface area contributed by atoms with Crippen LogP contribution in [0.15, 0.2) is 69.9 Å². The highest BCUT2D eigenvalue weighted by Gasteiger charge is 2.04. The molecule has 0 radical (unpaired) electrons. The molecule has 0 bridgehead atoms. The molecule has 0 heteroatoms. The number of hydrogen-bond donors (Lipinski definition) is 0. The molecule has 0 aliphatic rings. The van der Waals surface area contributed by atoms with E-state index in [0.717, 1.165) is 5.92 Å². The van der Waals surface area contributed by atoms with E-state index in [0.29, 0.717) is 0 Å². The standard InChI is InChI=1S/C34H58/c1-10-34(11-2)33(9)27-17-26-32(8)25-16-23-30(6)20-13-12-19-29(5)22-15-24-31(7)21-14-18-28(3)4/h18-20,24-25,27,34H,10-17,21-23,26H2,1-9H3/b29-19+,30-20+,31-24+,32-25+,33-27?. The first-order valence-corrected chi connectivity index (χ1v) is 14.1. The fraction of sp³-hybridized carbons (Fsp3) is 0.647. The molecule has 0 rings (SSSR count). The van der Waals surface area contributed by atoms with Crippen LogP contribution in [0.3, 0.4) is 0 Å². The van der Waals surface area contributed by atoms with Gasteiger partial charge in [-0.05, 0) is 131 Å². The second kappa shape index (κ2) is 20.8. The van der Waals surface area contributed by atoms with E-state index in [2.05, 4.69) is 98.8 Å². The molecule has 0 unspecified atom stereocenters. The summed E-state index contributed by atoms with van der Waals surface area (Å²) in [4.78, 5) is 0. The fourth-order valence-electron chi connectivity index (χ4n) is 4.38. The Morgan fingerprint density at radius 2 is 0.765 bits per heavy atom. The van der Waals surface area contributed by atoms with Crippen LogP contribution in [0, 0.1) is 5.92 Å². The molecule has 0 heterocycles. The van der Waals surface area contributed by atoms with Crippen molar-refractivity contribution in [3.05, 3.63) is 69.9 Å². The average Bonchev–Trinajstić information content (AvgIpc) is 2.77. The van der Waals surface area contributed by atoms with Gasteiger partial charge in [-0.2, -0.15) is 0 Å². The van der Waals surface area contributed by atoms with Crippen LogP contribution in [0.4, 0.5) is 0 Å². The maximum absolute atomic E-state index is 2.47. The van der Waals surface area contributed by atoms with Crippen molar-refractivity contribution in [2.75, 3.05) is 0 Å². The van der Waals surface area contributed by atoms with Gasteiger partial charge in [0.2, 0.25) is 0 Å². The smallest absolute Gasteiger partial charge is 0.0211 e. The maximum atomic E-state index is 2.47. The van der Waals surface area contributed by atoms with Crippen molar-refractivity contribution in [3.8, 4) is 0 Å². The summed E-state index contributed by atoms with van der Waals surface area (Å²) >= 11 is 0. The predicted molar refractivity (Wildman–Crippen MR) is 158 cm³/mol. The zero-order chi connectivity index (χ0) is 25.8. The van der Waals surface area contributed by atoms with E-state index in [1.807, 2.05) is 0 Å². The van der Waals surface area contributed by atoms with Gasteiger partial charge in [0.1, 0.15) is 0 Å². The molecule has 194 valence electrons. The summed E-state index contributed by atoms with van der Waals surface area (Å²) in [7, 11) is 0. The molecular weight excluding hydrogens is 408 g/mol. The Kier molecular flexibility index (Phi) is 19.8. The Hall–Kier alpha value is -1.56. The third-order valence-electron chi connectivity index (χ3n) is 6.94. The van der Waals surface area contributed by atoms with Gasteiger partial charge in [0.15, 0.2) is 0 Å². The molecule has 0 fully saturated rings. The van der Waals surface area contributed by atoms with Crippen LogP contribution in [-0.2, 0) is 0 Å². The number of hydrogen-bond acceptors (Lipinski definition) is 0. The fourth-order valence-corrected chi connectivity index (χ4v) is 4.38. The van der Waals surface area contributed by atoms with Gasteiger partial charge in [-0.25, -0.2) is 0 Å². The van der Waals surface area contributed by atoms with Gasteiger partial charge in [-0.3, -0.25) is 0 Å². The molecule has 0 aromatic rings. The number of allylic oxidation sites excluding steroid dienone is 12. The van der Waals surface area contributed by atoms with Gasteiger partial charge in [0.25, 0.3) is 0 Å². The van der Waals surface area contributed by atoms with Gasteiger partial charge in [0.05, 0.1) is 0 Å². The highest BCUT2D eigenvalue weighted by atomic mass is 14.1. The van der Waals surface area contributed by atoms with Crippen molar-refractivity contribution in [2.45, 2.75) is 139 Å². The van der Waals surface area contributed by atoms with E-state index in [9.17, 15) is 0 Å². The topological polar surface area (TPSA) is 0 Å². The van der Waals surface area contributed by atoms with Gasteiger partial charge in [-0.15, -0.1) is 0 Å². The summed E-state index contributed by atoms with van der Waals surface area (Å²) in [5.74, 6) is 0.777. The molecule has 34 heavy (non-hydrogen) atoms. The summed E-state index contributed by atoms with van der Waals surface area (Å²) in [5.41, 5.74) is 9.15. The molecular formula is C34H58. The summed E-state index contributed by atoms with van der Waals surface area (Å²) in [6, 6.07) is 0. The molecule has 0 N–H and O–H groups in total. The molecule has 0 saturated carbocycles. The van der Waals surface area contributed by atoms with Crippen molar-refractivity contribution in [1.29, 1.82) is 0 Å². The van der Waals surface area contributed by atoms with Crippen molar-refractivity contribution in [2.24, 2.45) is 5.92 Å². The first-order chi connectivity index (χ1) is 16.2. The Labute approximate surface area is 215 Å². The summed E-state index contributed by atoms with van der Waals surface area (Å²) in [5, 5.41) is 0. The van der Waals surface area contributed by atoms with E-state index >= 15 is 0 Å². The molecule has 0 nitrogen and oxygen atoms in total. The lowest BCUT2D eigenvalue weighted by Gasteiger charge is -2.13. The summed E-state index contributed by atoms with van der Waals surface area (Å²) in [6.07, 6.45) is 29.0. The van der Waals surface area contributed by atoms with Crippen LogP contribution in [0.5, 0.6) is 0 Å². The van der Waals surface area contributed by atoms with E-state index in [4.69, 9.17) is 0 Å². The highest BCUT2D eigenvalue weighted by Crippen LogP contribution is 2.20. The lowest BCUT2D eigenvalue weighted by atomic mass is 9.93. The zero-order valence-electron chi connectivity index (χ0n) is 24.5. The molecule has 0 amide bonds. The first kappa shape index (κ1) is 32.4. The Bertz CT molecular complexity index is 709. The highest BCUT2D eigenvalue weighted by molar-refractivity contribution is 5.09. The molecule has 0 saturated heterocycles. The van der Waals surface area contributed by atoms with Crippen LogP contribution in [0.1, 0.15) is 139 Å². The average molecular weight is 467 g/mol. The SMILES string of the molecule is CCC(CC)C(C)=CCC/C(C)=C/CC/C(C)=C/CC/C=C(\C)CC/C=C(\C)CCC=C(C)C. The third-order valence-corrected chi connectivity index (χ3v) is 6.94. The van der Waals surface area contributed by atoms with Gasteiger partial charge >= 0.3 is 0 Å². The molecule has 0 aliphatic carbocycles. The van der Waals surface area contributed by atoms with E-state index in [-0.39, 0.29) is 0 Å². The van der Waals surface area contributed by atoms with Crippen LogP contribution in [0.2, 0.25) is 0 Å². The van der Waals surface area contributed by atoms with Crippen molar-refractivity contribution in [1.82, 2.24) is 0 Å². The Morgan fingerprint density at radius 1 is 0.441 bits per heavy atom. The number of rotatable bonds is 18. The molecule has 0 atom stereocenters. The normalized spacial score (nSPS) is 14.2. The monoisotopic (exact) mass is 466 g/mol. The maximum Gasteiger partial charge on any atom is -0.0211 e. The molecule has 0 aromatic heterocycles. The lowest BCUT2D eigenvalue weighted by molar-refractivity contribution is 0.569. The second-order valence-electron chi connectivity index (χ2n) is 10.7. The number of unbranched alkanes of at least 4 members (excludes halogenated alkanes) is 1. The van der Waals surface area contributed by atoms with E-state index in [1.54, 1.807) is 11.1 Å². The van der Waals surface area contributed by atoms with Crippen LogP contribution in [0.25, 0.3) is 0 Å². The van der Waals surface area contributed by atoms with Gasteiger partial charge in [-0.1, -0.05) is 83.7 Å². The van der Waals surface area contributed by atoms with E-state index < -0.39 is 0 Å². The minimum Gasteiger partial charge on any atom is -0.0856 e. The van der Waals surface area contributed by atoms with Crippen molar-refractivity contribution >= 4 is 0 Å². The van der Waals surface area contributed by atoms with Crippen LogP contribution < -0.4 is 0 Å². The largest absolute Gasteiger partial charge is 0.0856 e. The molecule has 0 aliphatic heterocycles. The molecule has 0 aromatic carbocycles. The molecule has 0 spiro atoms. The Balaban J connectivity index is 4.16. The lowest BCUT2D eigenvalue weighted by Crippen LogP contribution is -1.98. The predicted octanol–water partition coefficient (Wildman–Crippen LogP) is 12.0. The van der Waals surface area contributed by atoms with Crippen LogP contribution in [-0.4, -0.2) is 0 Å². The summed E-state index contributed by atoms with van der Waals surface area (Å²) < 4.78 is 0. The third kappa shape index (κ3) is 18.8. The quantitative estimate of drug-likeness (QED) is 0.139. The zero-order valence-corrected chi connectivity index (χ0v) is 24.5. The van der Waals surface area contributed by atoms with Crippen molar-refractivity contribution < 1.29 is 0 Å². The van der Waals surface area contributed by atoms with Crippen molar-refractivity contribution in [3.63, 3.8) is 0 Å². The van der Waals surface area contributed by atoms with Crippen LogP contribution >= 0.6 is 0 Å². The second-order valence-corrected chi connectivity index (χ2v) is 10.7. The minimum absolute atomic E-state index is 0.777.